The van der Waals surface area contributed by atoms with E-state index >= 15 is 0 Å². The Labute approximate surface area is 147 Å². The number of benzene rings is 1. The highest BCUT2D eigenvalue weighted by Gasteiger charge is 2.19. The highest BCUT2D eigenvalue weighted by Crippen LogP contribution is 2.25. The lowest BCUT2D eigenvalue weighted by Gasteiger charge is -2.31. The zero-order valence-corrected chi connectivity index (χ0v) is 14.6. The molecule has 2 aromatic rings. The van der Waals surface area contributed by atoms with Crippen LogP contribution in [-0.2, 0) is 13.6 Å². The summed E-state index contributed by atoms with van der Waals surface area (Å²) >= 11 is 0. The smallest absolute Gasteiger partial charge is 0.269 e. The second kappa shape index (κ2) is 7.74. The second-order valence-corrected chi connectivity index (χ2v) is 6.07. The Hall–Kier alpha value is -1.96. The van der Waals surface area contributed by atoms with Crippen LogP contribution in [0.25, 0.3) is 11.3 Å². The first-order chi connectivity index (χ1) is 11.0. The van der Waals surface area contributed by atoms with E-state index in [1.54, 1.807) is 16.8 Å². The van der Waals surface area contributed by atoms with Crippen LogP contribution < -0.4 is 5.32 Å². The minimum absolute atomic E-state index is 0. The molecule has 1 aliphatic heterocycles. The molecule has 1 atom stereocenters. The monoisotopic (exact) mass is 351 g/mol. The third-order valence-corrected chi connectivity index (χ3v) is 4.10. The molecule has 1 N–H and O–H groups in total. The SMILES string of the molecule is C[C@@H]1CN(Cc2cn(C)nc2-c2ccc([N+](=O)[O-])cc2)CCN1.Cl. The zero-order chi connectivity index (χ0) is 16.4. The average Bonchev–Trinajstić information content (AvgIpc) is 2.88. The lowest BCUT2D eigenvalue weighted by Crippen LogP contribution is -2.48. The van der Waals surface area contributed by atoms with Crippen molar-refractivity contribution in [1.82, 2.24) is 20.0 Å². The molecule has 0 amide bonds. The van der Waals surface area contributed by atoms with E-state index in [0.717, 1.165) is 43.0 Å². The van der Waals surface area contributed by atoms with Gasteiger partial charge in [0.25, 0.3) is 5.69 Å². The van der Waals surface area contributed by atoms with Crippen molar-refractivity contribution in [2.75, 3.05) is 19.6 Å². The third-order valence-electron chi connectivity index (χ3n) is 4.10. The molecular weight excluding hydrogens is 330 g/mol. The molecule has 0 spiro atoms. The topological polar surface area (TPSA) is 76.2 Å². The van der Waals surface area contributed by atoms with Gasteiger partial charge in [-0.25, -0.2) is 0 Å². The summed E-state index contributed by atoms with van der Waals surface area (Å²) in [5.41, 5.74) is 3.06. The van der Waals surface area contributed by atoms with E-state index in [1.807, 2.05) is 13.2 Å². The van der Waals surface area contributed by atoms with E-state index in [4.69, 9.17) is 0 Å². The minimum Gasteiger partial charge on any atom is -0.312 e. The summed E-state index contributed by atoms with van der Waals surface area (Å²) in [6, 6.07) is 7.08. The number of non-ortho nitro benzene ring substituents is 1. The number of aryl methyl sites for hydroxylation is 1. The van der Waals surface area contributed by atoms with Crippen molar-refractivity contribution >= 4 is 18.1 Å². The number of nitrogens with one attached hydrogen (secondary N) is 1. The van der Waals surface area contributed by atoms with Gasteiger partial charge in [0, 0.05) is 68.7 Å². The van der Waals surface area contributed by atoms with Gasteiger partial charge >= 0.3 is 0 Å². The van der Waals surface area contributed by atoms with Gasteiger partial charge in [-0.05, 0) is 19.1 Å². The number of nitro groups is 1. The normalized spacial score (nSPS) is 18.2. The molecule has 1 aromatic heterocycles. The molecule has 0 bridgehead atoms. The molecule has 8 heteroatoms. The molecule has 0 unspecified atom stereocenters. The molecule has 7 nitrogen and oxygen atoms in total. The first-order valence-electron chi connectivity index (χ1n) is 7.76. The fraction of sp³-hybridized carbons (Fsp3) is 0.438. The largest absolute Gasteiger partial charge is 0.312 e. The van der Waals surface area contributed by atoms with Crippen LogP contribution >= 0.6 is 12.4 Å². The fourth-order valence-electron chi connectivity index (χ4n) is 3.03. The van der Waals surface area contributed by atoms with Crippen LogP contribution in [0.4, 0.5) is 5.69 Å². The molecule has 3 rings (SSSR count). The van der Waals surface area contributed by atoms with Crippen LogP contribution in [0.3, 0.4) is 0 Å². The molecule has 1 fully saturated rings. The van der Waals surface area contributed by atoms with E-state index < -0.39 is 0 Å². The molecule has 1 aliphatic rings. The van der Waals surface area contributed by atoms with Crippen LogP contribution in [0.15, 0.2) is 30.5 Å². The van der Waals surface area contributed by atoms with Crippen LogP contribution in [-0.4, -0.2) is 45.3 Å². The predicted molar refractivity (Wildman–Crippen MR) is 95.3 cm³/mol. The second-order valence-electron chi connectivity index (χ2n) is 6.07. The maximum Gasteiger partial charge on any atom is 0.269 e. The molecule has 2 heterocycles. The molecule has 0 aliphatic carbocycles. The van der Waals surface area contributed by atoms with Gasteiger partial charge in [0.2, 0.25) is 0 Å². The van der Waals surface area contributed by atoms with Gasteiger partial charge in [-0.15, -0.1) is 12.4 Å². The Morgan fingerprint density at radius 2 is 2.08 bits per heavy atom. The predicted octanol–water partition coefficient (Wildman–Crippen LogP) is 2.21. The Bertz CT molecular complexity index is 701. The van der Waals surface area contributed by atoms with E-state index in [9.17, 15) is 10.1 Å². The van der Waals surface area contributed by atoms with Crippen LogP contribution in [0.1, 0.15) is 12.5 Å². The maximum absolute atomic E-state index is 10.8. The van der Waals surface area contributed by atoms with Crippen molar-refractivity contribution in [1.29, 1.82) is 0 Å². The standard InChI is InChI=1S/C16H21N5O2.ClH/c1-12-9-20(8-7-17-12)11-14-10-19(2)18-16(14)13-3-5-15(6-4-13)21(22)23;/h3-6,10,12,17H,7-9,11H2,1-2H3;1H/t12-;/m1./s1. The van der Waals surface area contributed by atoms with Crippen molar-refractivity contribution in [2.24, 2.45) is 7.05 Å². The first-order valence-corrected chi connectivity index (χ1v) is 7.76. The summed E-state index contributed by atoms with van der Waals surface area (Å²) in [6.45, 7) is 6.04. The lowest BCUT2D eigenvalue weighted by atomic mass is 10.1. The van der Waals surface area contributed by atoms with Gasteiger partial charge in [-0.2, -0.15) is 5.10 Å². The number of nitro benzene ring substituents is 1. The van der Waals surface area contributed by atoms with Gasteiger partial charge in [-0.3, -0.25) is 19.7 Å². The number of halogens is 1. The van der Waals surface area contributed by atoms with Crippen LogP contribution in [0, 0.1) is 10.1 Å². The summed E-state index contributed by atoms with van der Waals surface area (Å²) in [5, 5.41) is 18.8. The maximum atomic E-state index is 10.8. The fourth-order valence-corrected chi connectivity index (χ4v) is 3.03. The Balaban J connectivity index is 0.00000208. The Morgan fingerprint density at radius 3 is 2.71 bits per heavy atom. The number of rotatable bonds is 4. The molecule has 0 saturated carbocycles. The van der Waals surface area contributed by atoms with E-state index in [1.165, 1.54) is 12.1 Å². The zero-order valence-electron chi connectivity index (χ0n) is 13.8. The van der Waals surface area contributed by atoms with Crippen molar-refractivity contribution in [3.8, 4) is 11.3 Å². The van der Waals surface area contributed by atoms with Gasteiger partial charge < -0.3 is 5.32 Å². The first kappa shape index (κ1) is 18.4. The molecule has 130 valence electrons. The van der Waals surface area contributed by atoms with Crippen molar-refractivity contribution in [3.63, 3.8) is 0 Å². The molecule has 1 aromatic carbocycles. The highest BCUT2D eigenvalue weighted by atomic mass is 35.5. The molecule has 1 saturated heterocycles. The summed E-state index contributed by atoms with van der Waals surface area (Å²) in [4.78, 5) is 12.8. The van der Waals surface area contributed by atoms with Crippen molar-refractivity contribution < 1.29 is 4.92 Å². The van der Waals surface area contributed by atoms with Crippen molar-refractivity contribution in [3.05, 3.63) is 46.1 Å². The molecule has 24 heavy (non-hydrogen) atoms. The molecule has 0 radical (unpaired) electrons. The Morgan fingerprint density at radius 1 is 1.38 bits per heavy atom. The number of hydrogen-bond donors (Lipinski definition) is 1. The van der Waals surface area contributed by atoms with Crippen molar-refractivity contribution in [2.45, 2.75) is 19.5 Å². The van der Waals surface area contributed by atoms with E-state index in [2.05, 4.69) is 22.2 Å². The summed E-state index contributed by atoms with van der Waals surface area (Å²) in [6.07, 6.45) is 2.03. The minimum atomic E-state index is -0.384. The number of nitrogens with zero attached hydrogens (tertiary/aromatic N) is 4. The molecular formula is C16H22ClN5O2. The van der Waals surface area contributed by atoms with E-state index in [-0.39, 0.29) is 23.0 Å². The van der Waals surface area contributed by atoms with Gasteiger partial charge in [0.05, 0.1) is 10.6 Å². The number of hydrogen-bond acceptors (Lipinski definition) is 5. The van der Waals surface area contributed by atoms with Gasteiger partial charge in [0.15, 0.2) is 0 Å². The average molecular weight is 352 g/mol. The summed E-state index contributed by atoms with van der Waals surface area (Å²) in [7, 11) is 1.90. The van der Waals surface area contributed by atoms with Gasteiger partial charge in [-0.1, -0.05) is 0 Å². The summed E-state index contributed by atoms with van der Waals surface area (Å²) in [5.74, 6) is 0. The summed E-state index contributed by atoms with van der Waals surface area (Å²) < 4.78 is 1.80. The lowest BCUT2D eigenvalue weighted by molar-refractivity contribution is -0.384. The highest BCUT2D eigenvalue weighted by molar-refractivity contribution is 5.85. The Kier molecular flexibility index (Phi) is 5.93. The number of piperazine rings is 1. The third kappa shape index (κ3) is 4.11. The quantitative estimate of drug-likeness (QED) is 0.675. The van der Waals surface area contributed by atoms with E-state index in [0.29, 0.717) is 6.04 Å². The number of aromatic nitrogens is 2. The van der Waals surface area contributed by atoms with Crippen LogP contribution in [0.2, 0.25) is 0 Å². The van der Waals surface area contributed by atoms with Gasteiger partial charge in [0.1, 0.15) is 0 Å². The van der Waals surface area contributed by atoms with Crippen LogP contribution in [0.5, 0.6) is 0 Å².